The summed E-state index contributed by atoms with van der Waals surface area (Å²) < 4.78 is 5.04. The molecule has 1 saturated heterocycles. The zero-order chi connectivity index (χ0) is 8.97. The summed E-state index contributed by atoms with van der Waals surface area (Å²) in [6.07, 6.45) is 1.30. The van der Waals surface area contributed by atoms with Crippen molar-refractivity contribution in [3.05, 3.63) is 0 Å². The van der Waals surface area contributed by atoms with Crippen LogP contribution in [0, 0.1) is 0 Å². The summed E-state index contributed by atoms with van der Waals surface area (Å²) >= 11 is 0. The average Bonchev–Trinajstić information content (AvgIpc) is 2.47. The number of rotatable bonds is 4. The van der Waals surface area contributed by atoms with E-state index in [-0.39, 0.29) is 0 Å². The normalized spacial score (nSPS) is 25.5. The van der Waals surface area contributed by atoms with Gasteiger partial charge in [-0.15, -0.1) is 0 Å². The van der Waals surface area contributed by atoms with Gasteiger partial charge in [-0.3, -0.25) is 4.90 Å². The molecular weight excluding hydrogens is 152 g/mol. The minimum absolute atomic E-state index is 0.741. The van der Waals surface area contributed by atoms with Crippen molar-refractivity contribution in [1.82, 2.24) is 9.80 Å². The van der Waals surface area contributed by atoms with Crippen molar-refractivity contribution in [2.45, 2.75) is 12.5 Å². The molecule has 1 heterocycles. The second kappa shape index (κ2) is 4.80. The highest BCUT2D eigenvalue weighted by atomic mass is 16.5. The topological polar surface area (TPSA) is 15.7 Å². The van der Waals surface area contributed by atoms with Crippen LogP contribution < -0.4 is 0 Å². The van der Waals surface area contributed by atoms with Gasteiger partial charge in [0.15, 0.2) is 0 Å². The van der Waals surface area contributed by atoms with E-state index in [1.807, 2.05) is 0 Å². The maximum atomic E-state index is 5.04. The predicted molar refractivity (Wildman–Crippen MR) is 50.4 cm³/mol. The smallest absolute Gasteiger partial charge is 0.0589 e. The van der Waals surface area contributed by atoms with Crippen LogP contribution in [-0.2, 0) is 4.74 Å². The van der Waals surface area contributed by atoms with Crippen LogP contribution in [0.3, 0.4) is 0 Å². The molecule has 0 bridgehead atoms. The van der Waals surface area contributed by atoms with Gasteiger partial charge in [0, 0.05) is 26.2 Å². The molecule has 1 aliphatic rings. The van der Waals surface area contributed by atoms with E-state index in [0.717, 1.165) is 19.2 Å². The van der Waals surface area contributed by atoms with Crippen LogP contribution in [0.2, 0.25) is 0 Å². The maximum Gasteiger partial charge on any atom is 0.0589 e. The molecule has 0 aromatic rings. The Labute approximate surface area is 75.3 Å². The first-order valence-corrected chi connectivity index (χ1v) is 4.61. The van der Waals surface area contributed by atoms with Crippen molar-refractivity contribution in [2.75, 3.05) is 47.4 Å². The van der Waals surface area contributed by atoms with Gasteiger partial charge in [-0.05, 0) is 27.1 Å². The van der Waals surface area contributed by atoms with Crippen molar-refractivity contribution in [1.29, 1.82) is 0 Å². The Morgan fingerprint density at radius 2 is 2.33 bits per heavy atom. The second-order valence-electron chi connectivity index (χ2n) is 3.68. The molecule has 0 saturated carbocycles. The lowest BCUT2D eigenvalue weighted by molar-refractivity contribution is 0.140. The molecule has 0 aromatic heterocycles. The molecule has 3 nitrogen and oxygen atoms in total. The molecule has 12 heavy (non-hydrogen) atoms. The Morgan fingerprint density at radius 3 is 2.83 bits per heavy atom. The lowest BCUT2D eigenvalue weighted by Gasteiger charge is -2.23. The monoisotopic (exact) mass is 172 g/mol. The third-order valence-electron chi connectivity index (χ3n) is 2.64. The molecule has 0 aliphatic carbocycles. The Kier molecular flexibility index (Phi) is 3.98. The molecule has 72 valence electrons. The fourth-order valence-electron chi connectivity index (χ4n) is 1.69. The van der Waals surface area contributed by atoms with E-state index in [1.165, 1.54) is 19.5 Å². The molecule has 1 atom stereocenters. The zero-order valence-corrected chi connectivity index (χ0v) is 8.42. The van der Waals surface area contributed by atoms with Crippen molar-refractivity contribution in [2.24, 2.45) is 0 Å². The van der Waals surface area contributed by atoms with E-state index < -0.39 is 0 Å². The van der Waals surface area contributed by atoms with E-state index >= 15 is 0 Å². The maximum absolute atomic E-state index is 5.04. The summed E-state index contributed by atoms with van der Waals surface area (Å²) in [5, 5.41) is 0. The van der Waals surface area contributed by atoms with E-state index in [4.69, 9.17) is 4.74 Å². The summed E-state index contributed by atoms with van der Waals surface area (Å²) in [4.78, 5) is 4.78. The zero-order valence-electron chi connectivity index (χ0n) is 8.42. The van der Waals surface area contributed by atoms with Gasteiger partial charge in [-0.2, -0.15) is 0 Å². The van der Waals surface area contributed by atoms with Crippen molar-refractivity contribution in [3.8, 4) is 0 Å². The fraction of sp³-hybridized carbons (Fsp3) is 1.00. The van der Waals surface area contributed by atoms with Crippen LogP contribution in [-0.4, -0.2) is 63.3 Å². The van der Waals surface area contributed by atoms with Gasteiger partial charge >= 0.3 is 0 Å². The molecule has 3 heteroatoms. The van der Waals surface area contributed by atoms with Crippen molar-refractivity contribution >= 4 is 0 Å². The van der Waals surface area contributed by atoms with Crippen LogP contribution in [0.25, 0.3) is 0 Å². The highest BCUT2D eigenvalue weighted by Crippen LogP contribution is 2.11. The summed E-state index contributed by atoms with van der Waals surface area (Å²) in [6.45, 7) is 4.34. The Bertz CT molecular complexity index is 130. The van der Waals surface area contributed by atoms with Gasteiger partial charge < -0.3 is 9.64 Å². The molecule has 1 aliphatic heterocycles. The van der Waals surface area contributed by atoms with Crippen LogP contribution >= 0.6 is 0 Å². The standard InChI is InChI=1S/C9H20N2O/c1-10-5-4-9(8-10)11(2)6-7-12-3/h9H,4-8H2,1-3H3. The number of hydrogen-bond donors (Lipinski definition) is 0. The number of hydrogen-bond acceptors (Lipinski definition) is 3. The number of likely N-dealkylation sites (tertiary alicyclic amines) is 1. The van der Waals surface area contributed by atoms with Gasteiger partial charge in [0.25, 0.3) is 0 Å². The Hall–Kier alpha value is -0.120. The van der Waals surface area contributed by atoms with Gasteiger partial charge in [-0.25, -0.2) is 0 Å². The summed E-state index contributed by atoms with van der Waals surface area (Å²) in [5.74, 6) is 0. The second-order valence-corrected chi connectivity index (χ2v) is 3.68. The van der Waals surface area contributed by atoms with Crippen molar-refractivity contribution < 1.29 is 4.74 Å². The van der Waals surface area contributed by atoms with Crippen LogP contribution in [0.15, 0.2) is 0 Å². The number of likely N-dealkylation sites (N-methyl/N-ethyl adjacent to an activating group) is 2. The molecule has 1 unspecified atom stereocenters. The van der Waals surface area contributed by atoms with E-state index in [1.54, 1.807) is 7.11 Å². The molecular formula is C9H20N2O. The first kappa shape index (κ1) is 9.96. The number of ether oxygens (including phenoxy) is 1. The fourth-order valence-corrected chi connectivity index (χ4v) is 1.69. The average molecular weight is 172 g/mol. The minimum atomic E-state index is 0.741. The van der Waals surface area contributed by atoms with Crippen LogP contribution in [0.4, 0.5) is 0 Å². The SMILES string of the molecule is COCCN(C)C1CCN(C)C1. The Balaban J connectivity index is 2.18. The lowest BCUT2D eigenvalue weighted by Crippen LogP contribution is -2.35. The van der Waals surface area contributed by atoms with Gasteiger partial charge in [0.2, 0.25) is 0 Å². The number of nitrogens with zero attached hydrogens (tertiary/aromatic N) is 2. The minimum Gasteiger partial charge on any atom is -0.383 e. The molecule has 0 N–H and O–H groups in total. The molecule has 1 rings (SSSR count). The van der Waals surface area contributed by atoms with Gasteiger partial charge in [-0.1, -0.05) is 0 Å². The van der Waals surface area contributed by atoms with E-state index in [2.05, 4.69) is 23.9 Å². The van der Waals surface area contributed by atoms with Gasteiger partial charge in [0.05, 0.1) is 6.61 Å². The molecule has 0 amide bonds. The number of methoxy groups -OCH3 is 1. The quantitative estimate of drug-likeness (QED) is 0.605. The van der Waals surface area contributed by atoms with Crippen molar-refractivity contribution in [3.63, 3.8) is 0 Å². The van der Waals surface area contributed by atoms with Crippen LogP contribution in [0.1, 0.15) is 6.42 Å². The molecule has 0 radical (unpaired) electrons. The summed E-state index contributed by atoms with van der Waals surface area (Å²) in [6, 6.07) is 0.741. The van der Waals surface area contributed by atoms with E-state index in [0.29, 0.717) is 0 Å². The van der Waals surface area contributed by atoms with Crippen LogP contribution in [0.5, 0.6) is 0 Å². The third kappa shape index (κ3) is 2.73. The Morgan fingerprint density at radius 1 is 1.58 bits per heavy atom. The first-order valence-electron chi connectivity index (χ1n) is 4.61. The lowest BCUT2D eigenvalue weighted by atomic mass is 10.2. The highest BCUT2D eigenvalue weighted by molar-refractivity contribution is 4.79. The third-order valence-corrected chi connectivity index (χ3v) is 2.64. The molecule has 1 fully saturated rings. The van der Waals surface area contributed by atoms with Gasteiger partial charge in [0.1, 0.15) is 0 Å². The van der Waals surface area contributed by atoms with E-state index in [9.17, 15) is 0 Å². The summed E-state index contributed by atoms with van der Waals surface area (Å²) in [7, 11) is 6.13. The first-order chi connectivity index (χ1) is 5.74. The summed E-state index contributed by atoms with van der Waals surface area (Å²) in [5.41, 5.74) is 0. The molecule has 0 aromatic carbocycles. The molecule has 0 spiro atoms. The highest BCUT2D eigenvalue weighted by Gasteiger charge is 2.22. The largest absolute Gasteiger partial charge is 0.383 e. The predicted octanol–water partition coefficient (Wildman–Crippen LogP) is 0.269.